The lowest BCUT2D eigenvalue weighted by Gasteiger charge is -2.18. The molecule has 2 N–H and O–H groups in total. The van der Waals surface area contributed by atoms with E-state index in [2.05, 4.69) is 4.98 Å². The van der Waals surface area contributed by atoms with Gasteiger partial charge in [-0.15, -0.1) is 11.3 Å². The Kier molecular flexibility index (Phi) is 4.68. The van der Waals surface area contributed by atoms with Crippen molar-refractivity contribution in [3.63, 3.8) is 0 Å². The summed E-state index contributed by atoms with van der Waals surface area (Å²) in [6.45, 7) is 2.76. The van der Waals surface area contributed by atoms with E-state index in [1.165, 1.54) is 17.4 Å². The first-order valence-corrected chi connectivity index (χ1v) is 9.53. The zero-order chi connectivity index (χ0) is 19.8. The van der Waals surface area contributed by atoms with Crippen molar-refractivity contribution in [1.29, 1.82) is 5.41 Å². The molecule has 2 aromatic carbocycles. The standard InChI is InChI=1S/C21H17F2N3OS/c1-12-3-2-4-13(7-12)9-26-10-18(27)19(20(26)24)21-25-17(11-28-21)14-5-6-15(22)16(23)8-14/h2-8,11,24,27H,9-10H2,1H3. The van der Waals surface area contributed by atoms with Gasteiger partial charge in [-0.2, -0.15) is 0 Å². The molecule has 0 fully saturated rings. The maximum absolute atomic E-state index is 13.5. The van der Waals surface area contributed by atoms with Crippen LogP contribution in [-0.2, 0) is 6.54 Å². The average molecular weight is 397 g/mol. The molecule has 4 rings (SSSR count). The molecule has 3 aromatic rings. The summed E-state index contributed by atoms with van der Waals surface area (Å²) in [7, 11) is 0. The fourth-order valence-electron chi connectivity index (χ4n) is 3.20. The molecule has 1 aliphatic heterocycles. The van der Waals surface area contributed by atoms with Crippen LogP contribution in [0.15, 0.2) is 53.6 Å². The van der Waals surface area contributed by atoms with Crippen molar-refractivity contribution < 1.29 is 13.9 Å². The molecule has 7 heteroatoms. The van der Waals surface area contributed by atoms with Gasteiger partial charge in [0, 0.05) is 17.5 Å². The van der Waals surface area contributed by atoms with Crippen molar-refractivity contribution in [3.8, 4) is 11.3 Å². The van der Waals surface area contributed by atoms with Gasteiger partial charge in [-0.1, -0.05) is 29.8 Å². The fraction of sp³-hybridized carbons (Fsp3) is 0.143. The molecular weight excluding hydrogens is 380 g/mol. The summed E-state index contributed by atoms with van der Waals surface area (Å²) in [5, 5.41) is 21.1. The van der Waals surface area contributed by atoms with E-state index < -0.39 is 11.6 Å². The molecule has 0 bridgehead atoms. The lowest BCUT2D eigenvalue weighted by atomic mass is 10.1. The summed E-state index contributed by atoms with van der Waals surface area (Å²) < 4.78 is 26.6. The minimum atomic E-state index is -0.938. The number of hydrogen-bond acceptors (Lipinski definition) is 4. The van der Waals surface area contributed by atoms with Crippen molar-refractivity contribution in [1.82, 2.24) is 9.88 Å². The second kappa shape index (κ2) is 7.16. The summed E-state index contributed by atoms with van der Waals surface area (Å²) in [6.07, 6.45) is 0. The predicted molar refractivity (Wildman–Crippen MR) is 106 cm³/mol. The Morgan fingerprint density at radius 1 is 1.18 bits per heavy atom. The lowest BCUT2D eigenvalue weighted by Crippen LogP contribution is -2.26. The minimum absolute atomic E-state index is 0.0869. The molecule has 1 aromatic heterocycles. The van der Waals surface area contributed by atoms with E-state index in [4.69, 9.17) is 5.41 Å². The molecule has 142 valence electrons. The first-order valence-electron chi connectivity index (χ1n) is 8.65. The van der Waals surface area contributed by atoms with Crippen LogP contribution in [0, 0.1) is 24.0 Å². The Morgan fingerprint density at radius 2 is 2.00 bits per heavy atom. The van der Waals surface area contributed by atoms with Gasteiger partial charge >= 0.3 is 0 Å². The molecule has 1 aliphatic rings. The zero-order valence-electron chi connectivity index (χ0n) is 15.0. The number of aromatic nitrogens is 1. The van der Waals surface area contributed by atoms with Crippen LogP contribution in [0.25, 0.3) is 16.8 Å². The number of aryl methyl sites for hydroxylation is 1. The van der Waals surface area contributed by atoms with Crippen molar-refractivity contribution in [2.24, 2.45) is 0 Å². The third-order valence-electron chi connectivity index (χ3n) is 4.57. The monoisotopic (exact) mass is 397 g/mol. The first-order chi connectivity index (χ1) is 13.4. The smallest absolute Gasteiger partial charge is 0.159 e. The number of benzene rings is 2. The molecule has 0 aliphatic carbocycles. The minimum Gasteiger partial charge on any atom is -0.510 e. The molecule has 2 heterocycles. The van der Waals surface area contributed by atoms with E-state index in [1.54, 1.807) is 10.3 Å². The van der Waals surface area contributed by atoms with Gasteiger partial charge in [0.05, 0.1) is 17.8 Å². The number of nitrogens with zero attached hydrogens (tertiary/aromatic N) is 2. The summed E-state index contributed by atoms with van der Waals surface area (Å²) in [5.41, 5.74) is 3.50. The van der Waals surface area contributed by atoms with Crippen LogP contribution < -0.4 is 0 Å². The topological polar surface area (TPSA) is 60.2 Å². The van der Waals surface area contributed by atoms with Crippen LogP contribution in [0.3, 0.4) is 0 Å². The highest BCUT2D eigenvalue weighted by Crippen LogP contribution is 2.33. The Balaban J connectivity index is 1.57. The molecule has 0 saturated carbocycles. The maximum Gasteiger partial charge on any atom is 0.159 e. The highest BCUT2D eigenvalue weighted by molar-refractivity contribution is 7.11. The van der Waals surface area contributed by atoms with Gasteiger partial charge in [0.2, 0.25) is 0 Å². The molecule has 28 heavy (non-hydrogen) atoms. The number of aliphatic hydroxyl groups is 1. The third kappa shape index (κ3) is 3.41. The second-order valence-electron chi connectivity index (χ2n) is 6.68. The number of rotatable bonds is 4. The van der Waals surface area contributed by atoms with E-state index in [9.17, 15) is 13.9 Å². The highest BCUT2D eigenvalue weighted by atomic mass is 32.1. The first kappa shape index (κ1) is 18.3. The van der Waals surface area contributed by atoms with E-state index in [0.717, 1.165) is 23.3 Å². The average Bonchev–Trinajstić information content (AvgIpc) is 3.22. The van der Waals surface area contributed by atoms with Gasteiger partial charge in [0.15, 0.2) is 11.6 Å². The predicted octanol–water partition coefficient (Wildman–Crippen LogP) is 5.16. The van der Waals surface area contributed by atoms with Crippen LogP contribution in [0.4, 0.5) is 8.78 Å². The molecule has 0 radical (unpaired) electrons. The Labute approximate surface area is 164 Å². The van der Waals surface area contributed by atoms with E-state index in [0.29, 0.717) is 28.4 Å². The Hall–Kier alpha value is -3.06. The van der Waals surface area contributed by atoms with Crippen molar-refractivity contribution in [2.45, 2.75) is 13.5 Å². The quantitative estimate of drug-likeness (QED) is 0.639. The van der Waals surface area contributed by atoms with Crippen LogP contribution in [-0.4, -0.2) is 27.4 Å². The molecule has 0 spiro atoms. The van der Waals surface area contributed by atoms with Crippen LogP contribution >= 0.6 is 11.3 Å². The van der Waals surface area contributed by atoms with Crippen LogP contribution in [0.5, 0.6) is 0 Å². The van der Waals surface area contributed by atoms with Gasteiger partial charge in [0.1, 0.15) is 16.6 Å². The number of amidine groups is 1. The molecule has 0 unspecified atom stereocenters. The van der Waals surface area contributed by atoms with E-state index >= 15 is 0 Å². The molecule has 0 atom stereocenters. The normalized spacial score (nSPS) is 14.2. The second-order valence-corrected chi connectivity index (χ2v) is 7.54. The molecule has 4 nitrogen and oxygen atoms in total. The van der Waals surface area contributed by atoms with Crippen LogP contribution in [0.1, 0.15) is 16.1 Å². The zero-order valence-corrected chi connectivity index (χ0v) is 15.9. The van der Waals surface area contributed by atoms with Crippen molar-refractivity contribution in [3.05, 3.63) is 81.4 Å². The van der Waals surface area contributed by atoms with E-state index in [-0.39, 0.29) is 18.1 Å². The highest BCUT2D eigenvalue weighted by Gasteiger charge is 2.30. The van der Waals surface area contributed by atoms with Gasteiger partial charge < -0.3 is 10.0 Å². The fourth-order valence-corrected chi connectivity index (χ4v) is 4.10. The van der Waals surface area contributed by atoms with E-state index in [1.807, 2.05) is 31.2 Å². The van der Waals surface area contributed by atoms with Crippen molar-refractivity contribution in [2.75, 3.05) is 6.54 Å². The number of aliphatic hydroxyl groups excluding tert-OH is 1. The van der Waals surface area contributed by atoms with Crippen molar-refractivity contribution >= 4 is 22.7 Å². The van der Waals surface area contributed by atoms with Gasteiger partial charge in [-0.3, -0.25) is 5.41 Å². The van der Waals surface area contributed by atoms with Gasteiger partial charge in [-0.25, -0.2) is 13.8 Å². The number of hydrogen-bond donors (Lipinski definition) is 2. The number of nitrogens with one attached hydrogen (secondary N) is 1. The van der Waals surface area contributed by atoms with Gasteiger partial charge in [0.25, 0.3) is 0 Å². The summed E-state index contributed by atoms with van der Waals surface area (Å²) in [6, 6.07) is 11.6. The molecule has 0 saturated heterocycles. The third-order valence-corrected chi connectivity index (χ3v) is 5.43. The summed E-state index contributed by atoms with van der Waals surface area (Å²) in [5.74, 6) is -1.56. The SMILES string of the molecule is Cc1cccc(CN2CC(O)=C(c3nc(-c4ccc(F)c(F)c4)cs3)C2=N)c1. The summed E-state index contributed by atoms with van der Waals surface area (Å²) >= 11 is 1.26. The number of halogens is 2. The lowest BCUT2D eigenvalue weighted by molar-refractivity contribution is 0.347. The molecular formula is C21H17F2N3OS. The Bertz CT molecular complexity index is 1110. The summed E-state index contributed by atoms with van der Waals surface area (Å²) in [4.78, 5) is 6.21. The number of thiazole rings is 1. The molecule has 0 amide bonds. The largest absolute Gasteiger partial charge is 0.510 e. The van der Waals surface area contributed by atoms with Gasteiger partial charge in [-0.05, 0) is 30.7 Å². The Morgan fingerprint density at radius 3 is 2.75 bits per heavy atom. The van der Waals surface area contributed by atoms with Crippen LogP contribution in [0.2, 0.25) is 0 Å². The maximum atomic E-state index is 13.5.